The van der Waals surface area contributed by atoms with Gasteiger partial charge in [0.25, 0.3) is 11.8 Å². The van der Waals surface area contributed by atoms with Crippen molar-refractivity contribution in [2.45, 2.75) is 0 Å². The van der Waals surface area contributed by atoms with Crippen molar-refractivity contribution in [1.82, 2.24) is 10.9 Å². The standard InChI is InChI=1S/C24H18Cl2N2O5/c1-32-18-10-6-16(7-11-18)23(30)28-27-22(29)13-8-15-4-2-3-5-21(15)33-24(31)19-12-9-17(25)14-20(19)26/h2-14H,1H3,(H,27,29)(H,28,30)/b13-8+. The number of hydrogen-bond acceptors (Lipinski definition) is 5. The van der Waals surface area contributed by atoms with E-state index in [4.69, 9.17) is 32.7 Å². The third-order valence-electron chi connectivity index (χ3n) is 4.34. The molecule has 0 fully saturated rings. The summed E-state index contributed by atoms with van der Waals surface area (Å²) in [5.41, 5.74) is 5.56. The van der Waals surface area contributed by atoms with Crippen molar-refractivity contribution in [1.29, 1.82) is 0 Å². The van der Waals surface area contributed by atoms with Gasteiger partial charge < -0.3 is 9.47 Å². The Morgan fingerprint density at radius 1 is 0.909 bits per heavy atom. The van der Waals surface area contributed by atoms with Crippen LogP contribution in [0.15, 0.2) is 72.8 Å². The molecule has 3 aromatic rings. The van der Waals surface area contributed by atoms with E-state index in [0.29, 0.717) is 21.9 Å². The SMILES string of the molecule is COc1ccc(C(=O)NNC(=O)/C=C/c2ccccc2OC(=O)c2ccc(Cl)cc2Cl)cc1. The number of carbonyl (C=O) groups is 3. The topological polar surface area (TPSA) is 93.7 Å². The molecule has 0 aliphatic carbocycles. The summed E-state index contributed by atoms with van der Waals surface area (Å²) in [4.78, 5) is 36.7. The van der Waals surface area contributed by atoms with Gasteiger partial charge in [0.1, 0.15) is 11.5 Å². The van der Waals surface area contributed by atoms with E-state index in [0.717, 1.165) is 0 Å². The lowest BCUT2D eigenvalue weighted by Crippen LogP contribution is -2.40. The van der Waals surface area contributed by atoms with Crippen LogP contribution in [0.25, 0.3) is 6.08 Å². The monoisotopic (exact) mass is 484 g/mol. The Kier molecular flexibility index (Phi) is 8.07. The summed E-state index contributed by atoms with van der Waals surface area (Å²) in [7, 11) is 1.52. The number of rotatable bonds is 6. The molecule has 0 radical (unpaired) electrons. The molecule has 0 atom stereocenters. The molecule has 2 N–H and O–H groups in total. The van der Waals surface area contributed by atoms with Gasteiger partial charge in [-0.2, -0.15) is 0 Å². The molecular weight excluding hydrogens is 467 g/mol. The molecule has 0 bridgehead atoms. The van der Waals surface area contributed by atoms with Crippen LogP contribution in [0.4, 0.5) is 0 Å². The lowest BCUT2D eigenvalue weighted by Gasteiger charge is -2.09. The van der Waals surface area contributed by atoms with Crippen molar-refractivity contribution in [2.24, 2.45) is 0 Å². The van der Waals surface area contributed by atoms with E-state index in [2.05, 4.69) is 10.9 Å². The second-order valence-electron chi connectivity index (χ2n) is 6.56. The van der Waals surface area contributed by atoms with Crippen LogP contribution >= 0.6 is 23.2 Å². The first-order valence-corrected chi connectivity index (χ1v) is 10.3. The molecule has 7 nitrogen and oxygen atoms in total. The Morgan fingerprint density at radius 3 is 2.33 bits per heavy atom. The fourth-order valence-corrected chi connectivity index (χ4v) is 3.15. The van der Waals surface area contributed by atoms with Gasteiger partial charge in [-0.05, 0) is 54.6 Å². The van der Waals surface area contributed by atoms with Crippen LogP contribution in [0.1, 0.15) is 26.3 Å². The molecule has 0 aromatic heterocycles. The van der Waals surface area contributed by atoms with Gasteiger partial charge in [-0.15, -0.1) is 0 Å². The largest absolute Gasteiger partial charge is 0.497 e. The average molecular weight is 485 g/mol. The highest BCUT2D eigenvalue weighted by molar-refractivity contribution is 6.36. The normalized spacial score (nSPS) is 10.5. The second-order valence-corrected chi connectivity index (χ2v) is 7.40. The lowest BCUT2D eigenvalue weighted by atomic mass is 10.2. The number of carbonyl (C=O) groups excluding carboxylic acids is 3. The van der Waals surface area contributed by atoms with Gasteiger partial charge in [0, 0.05) is 22.2 Å². The Labute approximate surface area is 199 Å². The number of benzene rings is 3. The average Bonchev–Trinajstić information content (AvgIpc) is 2.82. The van der Waals surface area contributed by atoms with Crippen LogP contribution in [0.2, 0.25) is 10.0 Å². The molecule has 0 spiro atoms. The molecule has 3 aromatic carbocycles. The predicted molar refractivity (Wildman–Crippen MR) is 125 cm³/mol. The van der Waals surface area contributed by atoms with Gasteiger partial charge in [-0.1, -0.05) is 41.4 Å². The maximum Gasteiger partial charge on any atom is 0.345 e. The van der Waals surface area contributed by atoms with Crippen molar-refractivity contribution < 1.29 is 23.9 Å². The van der Waals surface area contributed by atoms with Crippen molar-refractivity contribution in [3.8, 4) is 11.5 Å². The summed E-state index contributed by atoms with van der Waals surface area (Å²) < 4.78 is 10.5. The quantitative estimate of drug-likeness (QED) is 0.229. The highest BCUT2D eigenvalue weighted by Gasteiger charge is 2.15. The van der Waals surface area contributed by atoms with E-state index >= 15 is 0 Å². The second kappa shape index (κ2) is 11.2. The minimum absolute atomic E-state index is 0.152. The fourth-order valence-electron chi connectivity index (χ4n) is 2.66. The molecule has 33 heavy (non-hydrogen) atoms. The number of halogens is 2. The number of hydrazine groups is 1. The molecule has 0 heterocycles. The summed E-state index contributed by atoms with van der Waals surface area (Å²) in [6.07, 6.45) is 2.64. The van der Waals surface area contributed by atoms with E-state index in [1.807, 2.05) is 0 Å². The summed E-state index contributed by atoms with van der Waals surface area (Å²) in [6.45, 7) is 0. The molecule has 0 aliphatic heterocycles. The van der Waals surface area contributed by atoms with Gasteiger partial charge in [-0.25, -0.2) is 4.79 Å². The van der Waals surface area contributed by atoms with E-state index in [-0.39, 0.29) is 16.3 Å². The number of hydrogen-bond donors (Lipinski definition) is 2. The maximum atomic E-state index is 12.5. The minimum atomic E-state index is -0.672. The van der Waals surface area contributed by atoms with Crippen LogP contribution in [0.5, 0.6) is 11.5 Å². The zero-order chi connectivity index (χ0) is 23.8. The highest BCUT2D eigenvalue weighted by atomic mass is 35.5. The van der Waals surface area contributed by atoms with Crippen LogP contribution < -0.4 is 20.3 Å². The van der Waals surface area contributed by atoms with Gasteiger partial charge in [0.2, 0.25) is 0 Å². The zero-order valence-electron chi connectivity index (χ0n) is 17.3. The summed E-state index contributed by atoms with van der Waals surface area (Å²) >= 11 is 11.9. The predicted octanol–water partition coefficient (Wildman–Crippen LogP) is 4.70. The Hall–Kier alpha value is -3.81. The summed E-state index contributed by atoms with van der Waals surface area (Å²) in [5, 5.41) is 0.553. The molecular formula is C24H18Cl2N2O5. The van der Waals surface area contributed by atoms with Crippen molar-refractivity contribution in [3.05, 3.63) is 99.5 Å². The highest BCUT2D eigenvalue weighted by Crippen LogP contribution is 2.25. The Morgan fingerprint density at radius 2 is 1.64 bits per heavy atom. The van der Waals surface area contributed by atoms with Gasteiger partial charge in [0.15, 0.2) is 0 Å². The Balaban J connectivity index is 1.62. The van der Waals surface area contributed by atoms with Crippen LogP contribution in [-0.4, -0.2) is 24.9 Å². The molecule has 0 unspecified atom stereocenters. The van der Waals surface area contributed by atoms with Crippen molar-refractivity contribution in [3.63, 3.8) is 0 Å². The minimum Gasteiger partial charge on any atom is -0.497 e. The molecule has 168 valence electrons. The van der Waals surface area contributed by atoms with Crippen LogP contribution in [0.3, 0.4) is 0 Å². The smallest absolute Gasteiger partial charge is 0.345 e. The number of amides is 2. The molecule has 3 rings (SSSR count). The van der Waals surface area contributed by atoms with E-state index < -0.39 is 17.8 Å². The lowest BCUT2D eigenvalue weighted by molar-refractivity contribution is -0.117. The molecule has 9 heteroatoms. The molecule has 0 aliphatic rings. The van der Waals surface area contributed by atoms with E-state index in [9.17, 15) is 14.4 Å². The third kappa shape index (κ3) is 6.58. The summed E-state index contributed by atoms with van der Waals surface area (Å²) in [5.74, 6) is -0.919. The van der Waals surface area contributed by atoms with Crippen molar-refractivity contribution in [2.75, 3.05) is 7.11 Å². The van der Waals surface area contributed by atoms with Gasteiger partial charge in [-0.3, -0.25) is 20.4 Å². The molecule has 0 saturated carbocycles. The summed E-state index contributed by atoms with van der Waals surface area (Å²) in [6, 6.07) is 17.4. The number of ether oxygens (including phenoxy) is 2. The number of esters is 1. The molecule has 0 saturated heterocycles. The first-order chi connectivity index (χ1) is 15.9. The maximum absolute atomic E-state index is 12.5. The van der Waals surface area contributed by atoms with E-state index in [1.54, 1.807) is 48.5 Å². The molecule has 2 amide bonds. The van der Waals surface area contributed by atoms with E-state index in [1.165, 1.54) is 37.5 Å². The number of para-hydroxylation sites is 1. The number of methoxy groups -OCH3 is 1. The zero-order valence-corrected chi connectivity index (χ0v) is 18.8. The fraction of sp³-hybridized carbons (Fsp3) is 0.0417. The number of nitrogens with one attached hydrogen (secondary N) is 2. The first kappa shape index (κ1) is 23.8. The van der Waals surface area contributed by atoms with Gasteiger partial charge >= 0.3 is 5.97 Å². The van der Waals surface area contributed by atoms with Crippen LogP contribution in [-0.2, 0) is 4.79 Å². The Bertz CT molecular complexity index is 1210. The third-order valence-corrected chi connectivity index (χ3v) is 4.89. The van der Waals surface area contributed by atoms with Crippen molar-refractivity contribution >= 4 is 47.1 Å². The first-order valence-electron chi connectivity index (χ1n) is 9.56. The van der Waals surface area contributed by atoms with Gasteiger partial charge in [0.05, 0.1) is 17.7 Å². The van der Waals surface area contributed by atoms with Crippen LogP contribution in [0, 0.1) is 0 Å².